The molecule has 0 N–H and O–H groups in total. The Hall–Kier alpha value is -0.0700. The van der Waals surface area contributed by atoms with E-state index in [0.29, 0.717) is 18.7 Å². The largest absolute Gasteiger partial charge is 0.298 e. The number of ketones is 1. The fraction of sp³-hybridized carbons (Fsp3) is 0.900. The van der Waals surface area contributed by atoms with Gasteiger partial charge in [-0.2, -0.15) is 11.8 Å². The Morgan fingerprint density at radius 3 is 2.75 bits per heavy atom. The Kier molecular flexibility index (Phi) is 5.27. The van der Waals surface area contributed by atoms with E-state index in [2.05, 4.69) is 0 Å². The van der Waals surface area contributed by atoms with Gasteiger partial charge in [-0.25, -0.2) is 8.42 Å². The van der Waals surface area contributed by atoms with Gasteiger partial charge in [0.25, 0.3) is 0 Å². The molecule has 1 fully saturated rings. The Labute approximate surface area is 102 Å². The van der Waals surface area contributed by atoms with Crippen LogP contribution in [-0.4, -0.2) is 55.3 Å². The first-order chi connectivity index (χ1) is 7.45. The summed E-state index contributed by atoms with van der Waals surface area (Å²) in [6, 6.07) is 0. The molecular weight excluding hydrogens is 246 g/mol. The fourth-order valence-corrected chi connectivity index (χ4v) is 4.72. The summed E-state index contributed by atoms with van der Waals surface area (Å²) in [5.74, 6) is 1.63. The zero-order valence-corrected chi connectivity index (χ0v) is 11.4. The molecule has 1 heterocycles. The van der Waals surface area contributed by atoms with Crippen molar-refractivity contribution in [1.29, 1.82) is 0 Å². The summed E-state index contributed by atoms with van der Waals surface area (Å²) in [6.07, 6.45) is 2.62. The van der Waals surface area contributed by atoms with Crippen LogP contribution < -0.4 is 0 Å². The molecule has 1 unspecified atom stereocenters. The van der Waals surface area contributed by atoms with Gasteiger partial charge in [-0.05, 0) is 6.42 Å². The Balaban J connectivity index is 2.64. The van der Waals surface area contributed by atoms with Gasteiger partial charge in [0.2, 0.25) is 0 Å². The van der Waals surface area contributed by atoms with Gasteiger partial charge < -0.3 is 0 Å². The molecule has 0 aliphatic carbocycles. The van der Waals surface area contributed by atoms with Crippen LogP contribution in [0.15, 0.2) is 0 Å². The van der Waals surface area contributed by atoms with Crippen LogP contribution >= 0.6 is 11.8 Å². The second-order valence-electron chi connectivity index (χ2n) is 4.12. The quantitative estimate of drug-likeness (QED) is 0.735. The summed E-state index contributed by atoms with van der Waals surface area (Å²) in [4.78, 5) is 13.3. The van der Waals surface area contributed by atoms with Crippen LogP contribution in [0.3, 0.4) is 0 Å². The molecule has 1 aliphatic heterocycles. The number of hydrogen-bond acceptors (Lipinski definition) is 5. The third kappa shape index (κ3) is 4.07. The van der Waals surface area contributed by atoms with Crippen LogP contribution in [0.4, 0.5) is 0 Å². The van der Waals surface area contributed by atoms with Crippen LogP contribution in [0.5, 0.6) is 0 Å². The van der Waals surface area contributed by atoms with Crippen molar-refractivity contribution in [2.45, 2.75) is 25.1 Å². The number of thioether (sulfide) groups is 1. The van der Waals surface area contributed by atoms with Crippen molar-refractivity contribution >= 4 is 27.4 Å². The van der Waals surface area contributed by atoms with Gasteiger partial charge >= 0.3 is 0 Å². The molecule has 0 bridgehead atoms. The van der Waals surface area contributed by atoms with E-state index in [4.69, 9.17) is 0 Å². The third-order valence-corrected chi connectivity index (χ3v) is 5.28. The van der Waals surface area contributed by atoms with Crippen LogP contribution in [0, 0.1) is 0 Å². The number of rotatable bonds is 5. The van der Waals surface area contributed by atoms with Gasteiger partial charge in [-0.15, -0.1) is 0 Å². The molecule has 0 aromatic rings. The molecule has 94 valence electrons. The number of carbonyl (C=O) groups excluding carboxylic acids is 1. The lowest BCUT2D eigenvalue weighted by molar-refractivity contribution is -0.120. The summed E-state index contributed by atoms with van der Waals surface area (Å²) in [5, 5.41) is -0.480. The van der Waals surface area contributed by atoms with Gasteiger partial charge in [0.15, 0.2) is 9.84 Å². The summed E-state index contributed by atoms with van der Waals surface area (Å²) < 4.78 is 23.1. The Morgan fingerprint density at radius 1 is 1.50 bits per heavy atom. The van der Waals surface area contributed by atoms with Crippen molar-refractivity contribution in [2.75, 3.05) is 30.9 Å². The first-order valence-electron chi connectivity index (χ1n) is 5.47. The normalized spacial score (nSPS) is 23.2. The predicted octanol–water partition coefficient (Wildman–Crippen LogP) is 0.775. The van der Waals surface area contributed by atoms with Gasteiger partial charge in [0.05, 0.1) is 6.54 Å². The van der Waals surface area contributed by atoms with Crippen molar-refractivity contribution in [3.63, 3.8) is 0 Å². The second kappa shape index (κ2) is 6.02. The molecule has 0 spiro atoms. The molecule has 6 heteroatoms. The number of Topliss-reactive ketones (excluding diaryl/α,β-unsaturated/α-hetero) is 1. The van der Waals surface area contributed by atoms with E-state index in [9.17, 15) is 13.2 Å². The number of hydrogen-bond donors (Lipinski definition) is 0. The molecule has 16 heavy (non-hydrogen) atoms. The minimum absolute atomic E-state index is 0.142. The molecule has 1 aliphatic rings. The first-order valence-corrected chi connectivity index (χ1v) is 8.58. The van der Waals surface area contributed by atoms with Crippen molar-refractivity contribution in [3.8, 4) is 0 Å². The molecule has 1 rings (SSSR count). The summed E-state index contributed by atoms with van der Waals surface area (Å²) in [7, 11) is -3.08. The van der Waals surface area contributed by atoms with E-state index in [-0.39, 0.29) is 12.3 Å². The standard InChI is InChI=1S/C10H19NO3S2/c1-3-4-9(12)7-11-5-6-15-8-10(11)16(2,13)14/h10H,3-8H2,1-2H3. The van der Waals surface area contributed by atoms with Gasteiger partial charge in [-0.3, -0.25) is 9.69 Å². The summed E-state index contributed by atoms with van der Waals surface area (Å²) in [6.45, 7) is 2.93. The molecular formula is C10H19NO3S2. The first kappa shape index (κ1) is 14.0. The van der Waals surface area contributed by atoms with Crippen LogP contribution in [0.25, 0.3) is 0 Å². The molecule has 0 amide bonds. The minimum atomic E-state index is -3.08. The smallest absolute Gasteiger partial charge is 0.164 e. The Bertz CT molecular complexity index is 340. The molecule has 0 aromatic carbocycles. The molecule has 0 radical (unpaired) electrons. The maximum absolute atomic E-state index is 11.6. The number of nitrogens with zero attached hydrogens (tertiary/aromatic N) is 1. The number of carbonyl (C=O) groups is 1. The highest BCUT2D eigenvalue weighted by Gasteiger charge is 2.31. The molecule has 1 saturated heterocycles. The highest BCUT2D eigenvalue weighted by Crippen LogP contribution is 2.20. The maximum Gasteiger partial charge on any atom is 0.164 e. The molecule has 0 aromatic heterocycles. The number of sulfone groups is 1. The van der Waals surface area contributed by atoms with E-state index < -0.39 is 15.2 Å². The SMILES string of the molecule is CCCC(=O)CN1CCSCC1S(C)(=O)=O. The maximum atomic E-state index is 11.6. The van der Waals surface area contributed by atoms with Crippen LogP contribution in [0.2, 0.25) is 0 Å². The summed E-state index contributed by atoms with van der Waals surface area (Å²) in [5.41, 5.74) is 0. The van der Waals surface area contributed by atoms with Gasteiger partial charge in [0.1, 0.15) is 11.2 Å². The van der Waals surface area contributed by atoms with Crippen molar-refractivity contribution < 1.29 is 13.2 Å². The zero-order chi connectivity index (χ0) is 12.2. The van der Waals surface area contributed by atoms with E-state index in [1.807, 2.05) is 11.8 Å². The van der Waals surface area contributed by atoms with Gasteiger partial charge in [0, 0.05) is 30.7 Å². The lowest BCUT2D eigenvalue weighted by Gasteiger charge is -2.33. The average Bonchev–Trinajstić information content (AvgIpc) is 2.17. The highest BCUT2D eigenvalue weighted by molar-refractivity contribution is 8.00. The predicted molar refractivity (Wildman–Crippen MR) is 67.4 cm³/mol. The minimum Gasteiger partial charge on any atom is -0.298 e. The lowest BCUT2D eigenvalue weighted by atomic mass is 10.2. The van der Waals surface area contributed by atoms with Gasteiger partial charge in [-0.1, -0.05) is 6.92 Å². The van der Waals surface area contributed by atoms with E-state index >= 15 is 0 Å². The van der Waals surface area contributed by atoms with E-state index in [0.717, 1.165) is 12.2 Å². The van der Waals surface area contributed by atoms with Crippen LogP contribution in [-0.2, 0) is 14.6 Å². The summed E-state index contributed by atoms with van der Waals surface area (Å²) >= 11 is 1.64. The van der Waals surface area contributed by atoms with Crippen molar-refractivity contribution in [1.82, 2.24) is 4.90 Å². The third-order valence-electron chi connectivity index (χ3n) is 2.59. The topological polar surface area (TPSA) is 54.5 Å². The monoisotopic (exact) mass is 265 g/mol. The van der Waals surface area contributed by atoms with E-state index in [1.54, 1.807) is 11.8 Å². The average molecular weight is 265 g/mol. The lowest BCUT2D eigenvalue weighted by Crippen LogP contribution is -2.48. The zero-order valence-electron chi connectivity index (χ0n) is 9.81. The molecule has 1 atom stereocenters. The molecule has 0 saturated carbocycles. The van der Waals surface area contributed by atoms with Crippen molar-refractivity contribution in [2.24, 2.45) is 0 Å². The molecule has 4 nitrogen and oxygen atoms in total. The Morgan fingerprint density at radius 2 is 2.19 bits per heavy atom. The second-order valence-corrected chi connectivity index (χ2v) is 7.47. The van der Waals surface area contributed by atoms with E-state index in [1.165, 1.54) is 6.26 Å². The van der Waals surface area contributed by atoms with Crippen LogP contribution in [0.1, 0.15) is 19.8 Å². The van der Waals surface area contributed by atoms with Crippen molar-refractivity contribution in [3.05, 3.63) is 0 Å². The fourth-order valence-electron chi connectivity index (χ4n) is 1.78. The highest BCUT2D eigenvalue weighted by atomic mass is 32.2.